The summed E-state index contributed by atoms with van der Waals surface area (Å²) in [5.74, 6) is 2.06. The van der Waals surface area contributed by atoms with Crippen molar-refractivity contribution in [3.05, 3.63) is 53.4 Å². The molecular weight excluding hydrogens is 375 g/mol. The minimum Gasteiger partial charge on any atom is -0.342 e. The van der Waals surface area contributed by atoms with Crippen LogP contribution in [0.25, 0.3) is 0 Å². The number of nitrogens with one attached hydrogen (secondary N) is 2. The van der Waals surface area contributed by atoms with Crippen LogP contribution in [0.3, 0.4) is 0 Å². The second-order valence-electron chi connectivity index (χ2n) is 7.88. The highest BCUT2D eigenvalue weighted by Gasteiger charge is 2.32. The van der Waals surface area contributed by atoms with Crippen molar-refractivity contribution in [1.29, 1.82) is 0 Å². The van der Waals surface area contributed by atoms with Gasteiger partial charge in [0.05, 0.1) is 18.8 Å². The van der Waals surface area contributed by atoms with Crippen LogP contribution in [0.15, 0.2) is 47.1 Å². The number of carbonyl (C=O) groups excluding carboxylic acids is 1. The summed E-state index contributed by atoms with van der Waals surface area (Å²) in [4.78, 5) is 26.0. The molecular formula is C22H23BN6O+. The van der Waals surface area contributed by atoms with Crippen molar-refractivity contribution in [2.24, 2.45) is 10.9 Å². The fourth-order valence-electron chi connectivity index (χ4n) is 3.64. The molecule has 30 heavy (non-hydrogen) atoms. The minimum atomic E-state index is -0.128. The average Bonchev–Trinajstić information content (AvgIpc) is 3.47. The fraction of sp³-hybridized carbons (Fsp3) is 0.318. The molecule has 7 nitrogen and oxygen atoms in total. The van der Waals surface area contributed by atoms with E-state index in [0.29, 0.717) is 11.4 Å². The summed E-state index contributed by atoms with van der Waals surface area (Å²) in [7, 11) is 1.90. The summed E-state index contributed by atoms with van der Waals surface area (Å²) in [6.07, 6.45) is 7.77. The lowest BCUT2D eigenvalue weighted by atomic mass is 9.64. The van der Waals surface area contributed by atoms with Crippen molar-refractivity contribution in [3.8, 4) is 0 Å². The quantitative estimate of drug-likeness (QED) is 0.555. The van der Waals surface area contributed by atoms with Gasteiger partial charge in [-0.2, -0.15) is 0 Å². The van der Waals surface area contributed by atoms with Crippen LogP contribution < -0.4 is 10.6 Å². The van der Waals surface area contributed by atoms with Crippen molar-refractivity contribution in [3.63, 3.8) is 0 Å². The summed E-state index contributed by atoms with van der Waals surface area (Å²) in [6.45, 7) is 5.03. The molecule has 1 fully saturated rings. The molecule has 1 radical (unpaired) electrons. The van der Waals surface area contributed by atoms with E-state index >= 15 is 0 Å². The molecule has 1 amide bonds. The zero-order valence-electron chi connectivity index (χ0n) is 17.1. The van der Waals surface area contributed by atoms with Gasteiger partial charge < -0.3 is 10.6 Å². The Morgan fingerprint density at radius 2 is 2.23 bits per heavy atom. The first-order valence-electron chi connectivity index (χ1n) is 10.4. The fourth-order valence-corrected chi connectivity index (χ4v) is 3.64. The van der Waals surface area contributed by atoms with E-state index in [1.165, 1.54) is 12.8 Å². The Hall–Kier alpha value is -3.29. The monoisotopic (exact) mass is 398 g/mol. The van der Waals surface area contributed by atoms with Gasteiger partial charge in [-0.15, -0.1) is 0 Å². The standard InChI is InChI=1S/C22H22BN6O/c1-3-29-12-18-21(29)28-19(11-24-18)26-13(2)15-5-4-6-16(9-15)27-22(30)17-10-25-20(23-17)14-7-8-14/h4-6,9-14H,3,7-8H2,1-2H3,(H,27,30)/p+1. The molecule has 2 N–H and O–H groups in total. The van der Waals surface area contributed by atoms with Gasteiger partial charge in [0.15, 0.2) is 5.69 Å². The smallest absolute Gasteiger partial charge is 0.342 e. The Morgan fingerprint density at radius 3 is 3.03 bits per heavy atom. The van der Waals surface area contributed by atoms with E-state index in [2.05, 4.69) is 44.0 Å². The molecule has 3 heterocycles. The molecule has 2 aromatic rings. The highest BCUT2D eigenvalue weighted by molar-refractivity contribution is 6.86. The van der Waals surface area contributed by atoms with Crippen LogP contribution in [-0.4, -0.2) is 46.1 Å². The lowest BCUT2D eigenvalue weighted by molar-refractivity contribution is -0.447. The Labute approximate surface area is 176 Å². The summed E-state index contributed by atoms with van der Waals surface area (Å²) in [6, 6.07) is 7.86. The number of amides is 1. The minimum absolute atomic E-state index is 0.00963. The summed E-state index contributed by atoms with van der Waals surface area (Å²) in [5, 5.41) is 6.39. The first-order chi connectivity index (χ1) is 14.6. The number of carbonyl (C=O) groups is 1. The van der Waals surface area contributed by atoms with Crippen molar-refractivity contribution < 1.29 is 9.37 Å². The predicted octanol–water partition coefficient (Wildman–Crippen LogP) is 3.05. The van der Waals surface area contributed by atoms with E-state index in [-0.39, 0.29) is 11.9 Å². The number of hydrogen-bond donors (Lipinski definition) is 2. The largest absolute Gasteiger partial charge is 0.355 e. The molecule has 0 saturated heterocycles. The highest BCUT2D eigenvalue weighted by Crippen LogP contribution is 2.32. The van der Waals surface area contributed by atoms with Crippen LogP contribution in [-0.2, 0) is 4.79 Å². The van der Waals surface area contributed by atoms with Gasteiger partial charge in [-0.3, -0.25) is 9.79 Å². The van der Waals surface area contributed by atoms with Crippen molar-refractivity contribution in [2.45, 2.75) is 32.7 Å². The van der Waals surface area contributed by atoms with E-state index in [0.717, 1.165) is 40.7 Å². The first kappa shape index (κ1) is 18.7. The molecule has 1 unspecified atom stereocenters. The SMILES string of the molecule is CC[N+]1=Cc2ncc(NC(C)c3cccc(NC(=O)C4=CN=C(C5CC5)[B]4)c3)nc21. The maximum Gasteiger partial charge on any atom is 0.355 e. The number of fused-ring (bicyclic) bond motifs is 1. The van der Waals surface area contributed by atoms with E-state index < -0.39 is 0 Å². The number of aliphatic imine (C=N–C) groups is 1. The van der Waals surface area contributed by atoms with E-state index in [1.54, 1.807) is 12.4 Å². The van der Waals surface area contributed by atoms with Crippen LogP contribution in [0.5, 0.6) is 0 Å². The lowest BCUT2D eigenvalue weighted by Gasteiger charge is -2.16. The Morgan fingerprint density at radius 1 is 1.37 bits per heavy atom. The highest BCUT2D eigenvalue weighted by atomic mass is 16.1. The van der Waals surface area contributed by atoms with Crippen LogP contribution in [0.2, 0.25) is 0 Å². The van der Waals surface area contributed by atoms with Gasteiger partial charge in [0.2, 0.25) is 13.2 Å². The molecule has 3 aliphatic rings. The van der Waals surface area contributed by atoms with Crippen LogP contribution in [0.4, 0.5) is 17.3 Å². The van der Waals surface area contributed by atoms with Crippen molar-refractivity contribution in [1.82, 2.24) is 9.97 Å². The lowest BCUT2D eigenvalue weighted by Crippen LogP contribution is -2.22. The van der Waals surface area contributed by atoms with E-state index in [4.69, 9.17) is 0 Å². The number of rotatable bonds is 7. The number of nitrogens with zero attached hydrogens (tertiary/aromatic N) is 4. The van der Waals surface area contributed by atoms with Crippen LogP contribution >= 0.6 is 0 Å². The normalized spacial score (nSPS) is 17.6. The Bertz CT molecular complexity index is 1120. The summed E-state index contributed by atoms with van der Waals surface area (Å²) < 4.78 is 2.07. The van der Waals surface area contributed by atoms with Crippen LogP contribution in [0, 0.1) is 5.92 Å². The van der Waals surface area contributed by atoms with Gasteiger partial charge in [-0.05, 0) is 60.9 Å². The molecule has 1 aliphatic carbocycles. The molecule has 8 heteroatoms. The number of benzene rings is 1. The summed E-state index contributed by atoms with van der Waals surface area (Å²) in [5.41, 5.74) is 4.38. The molecule has 2 aliphatic heterocycles. The molecule has 1 atom stereocenters. The molecule has 149 valence electrons. The van der Waals surface area contributed by atoms with Crippen LogP contribution in [0.1, 0.15) is 44.0 Å². The first-order valence-corrected chi connectivity index (χ1v) is 10.4. The predicted molar refractivity (Wildman–Crippen MR) is 119 cm³/mol. The topological polar surface area (TPSA) is 82.3 Å². The third-order valence-corrected chi connectivity index (χ3v) is 5.60. The Kier molecular flexibility index (Phi) is 4.69. The number of aromatic nitrogens is 2. The second kappa shape index (κ2) is 7.52. The van der Waals surface area contributed by atoms with Crippen molar-refractivity contribution >= 4 is 42.3 Å². The maximum absolute atomic E-state index is 12.6. The molecule has 1 aromatic carbocycles. The van der Waals surface area contributed by atoms with Crippen molar-refractivity contribution in [2.75, 3.05) is 17.2 Å². The van der Waals surface area contributed by atoms with Gasteiger partial charge in [-0.1, -0.05) is 12.1 Å². The van der Waals surface area contributed by atoms with Gasteiger partial charge >= 0.3 is 5.82 Å². The van der Waals surface area contributed by atoms with Gasteiger partial charge in [-0.25, -0.2) is 9.56 Å². The molecule has 1 saturated carbocycles. The third kappa shape index (κ3) is 3.65. The Balaban J connectivity index is 1.23. The molecule has 0 spiro atoms. The van der Waals surface area contributed by atoms with E-state index in [9.17, 15) is 4.79 Å². The van der Waals surface area contributed by atoms with Gasteiger partial charge in [0.25, 0.3) is 5.82 Å². The molecule has 0 bridgehead atoms. The zero-order chi connectivity index (χ0) is 20.7. The zero-order valence-corrected chi connectivity index (χ0v) is 17.1. The van der Waals surface area contributed by atoms with Gasteiger partial charge in [0, 0.05) is 17.4 Å². The summed E-state index contributed by atoms with van der Waals surface area (Å²) >= 11 is 0. The van der Waals surface area contributed by atoms with E-state index in [1.807, 2.05) is 37.8 Å². The molecule has 5 rings (SSSR count). The maximum atomic E-state index is 12.6. The number of anilines is 2. The second-order valence-corrected chi connectivity index (χ2v) is 7.88. The average molecular weight is 398 g/mol. The number of hydrogen-bond acceptors (Lipinski definition) is 5. The molecule has 1 aromatic heterocycles. The van der Waals surface area contributed by atoms with Gasteiger partial charge in [0.1, 0.15) is 6.21 Å². The third-order valence-electron chi connectivity index (χ3n) is 5.60.